The SMILES string of the molecule is C/C=C\CCC1(C(=O)C[C@H]2[C@H]3C(=O)C(=C[C@@H]2CCCCC/C=C/C)[C@](CC(=O)OC)(C(=O)OC)CC(C(=O)OC)=C3C(=O)OC)OCCO1. The number of methoxy groups -OCH3 is 4. The Bertz CT molecular complexity index is 1380. The molecular formula is C37H50O12. The zero-order chi connectivity index (χ0) is 36.2. The molecule has 0 radical (unpaired) electrons. The Balaban J connectivity index is 2.31. The second-order valence-corrected chi connectivity index (χ2v) is 12.5. The molecule has 4 atom stereocenters. The molecule has 3 rings (SSSR count). The van der Waals surface area contributed by atoms with Crippen molar-refractivity contribution in [1.29, 1.82) is 0 Å². The quantitative estimate of drug-likeness (QED) is 0.0901. The molecule has 0 aromatic carbocycles. The molecule has 12 nitrogen and oxygen atoms in total. The number of Topliss-reactive ketones (excluding diaryl/α,β-unsaturated/α-hetero) is 2. The average Bonchev–Trinajstić information content (AvgIpc) is 3.57. The van der Waals surface area contributed by atoms with Gasteiger partial charge in [0.2, 0.25) is 5.79 Å². The molecule has 1 aliphatic heterocycles. The first kappa shape index (κ1) is 39.5. The number of rotatable bonds is 17. The minimum absolute atomic E-state index is 0.0752. The van der Waals surface area contributed by atoms with Crippen molar-refractivity contribution in [2.75, 3.05) is 41.7 Å². The van der Waals surface area contributed by atoms with Gasteiger partial charge in [-0.25, -0.2) is 9.59 Å². The lowest BCUT2D eigenvalue weighted by Gasteiger charge is -2.40. The summed E-state index contributed by atoms with van der Waals surface area (Å²) in [6.07, 6.45) is 12.5. The Hall–Kier alpha value is -3.90. The highest BCUT2D eigenvalue weighted by Gasteiger charge is 2.59. The number of ketones is 2. The molecular weight excluding hydrogens is 636 g/mol. The van der Waals surface area contributed by atoms with E-state index in [-0.39, 0.29) is 42.8 Å². The lowest BCUT2D eigenvalue weighted by molar-refractivity contribution is -0.184. The van der Waals surface area contributed by atoms with Crippen LogP contribution in [0.1, 0.15) is 78.1 Å². The summed E-state index contributed by atoms with van der Waals surface area (Å²) in [6, 6.07) is 0. The molecule has 2 bridgehead atoms. The van der Waals surface area contributed by atoms with Crippen LogP contribution in [-0.4, -0.2) is 82.9 Å². The molecule has 270 valence electrons. The monoisotopic (exact) mass is 686 g/mol. The van der Waals surface area contributed by atoms with Crippen LogP contribution in [-0.2, 0) is 57.2 Å². The van der Waals surface area contributed by atoms with Gasteiger partial charge in [0.25, 0.3) is 0 Å². The van der Waals surface area contributed by atoms with Crippen molar-refractivity contribution in [1.82, 2.24) is 0 Å². The fraction of sp³-hybridized carbons (Fsp3) is 0.622. The van der Waals surface area contributed by atoms with Crippen LogP contribution in [0.2, 0.25) is 0 Å². The predicted octanol–water partition coefficient (Wildman–Crippen LogP) is 4.70. The van der Waals surface area contributed by atoms with Crippen LogP contribution in [0.3, 0.4) is 0 Å². The lowest BCUT2D eigenvalue weighted by Crippen LogP contribution is -2.47. The van der Waals surface area contributed by atoms with Crippen LogP contribution in [0.5, 0.6) is 0 Å². The smallest absolute Gasteiger partial charge is 0.335 e. The summed E-state index contributed by atoms with van der Waals surface area (Å²) >= 11 is 0. The third-order valence-electron chi connectivity index (χ3n) is 9.74. The molecule has 0 spiro atoms. The molecule has 12 heteroatoms. The van der Waals surface area contributed by atoms with Crippen molar-refractivity contribution >= 4 is 35.4 Å². The van der Waals surface area contributed by atoms with Crippen LogP contribution in [0.4, 0.5) is 0 Å². The average molecular weight is 687 g/mol. The van der Waals surface area contributed by atoms with Crippen molar-refractivity contribution in [2.24, 2.45) is 23.2 Å². The van der Waals surface area contributed by atoms with E-state index in [1.54, 1.807) is 6.08 Å². The molecule has 0 saturated carbocycles. The highest BCUT2D eigenvalue weighted by molar-refractivity contribution is 6.15. The maximum absolute atomic E-state index is 14.8. The van der Waals surface area contributed by atoms with Crippen LogP contribution in [0, 0.1) is 23.2 Å². The van der Waals surface area contributed by atoms with Gasteiger partial charge in [-0.05, 0) is 51.4 Å². The van der Waals surface area contributed by atoms with E-state index in [2.05, 4.69) is 6.08 Å². The molecule has 49 heavy (non-hydrogen) atoms. The summed E-state index contributed by atoms with van der Waals surface area (Å²) in [5.41, 5.74) is -2.73. The molecule has 2 aliphatic carbocycles. The summed E-state index contributed by atoms with van der Waals surface area (Å²) in [5.74, 6) is -9.20. The van der Waals surface area contributed by atoms with Crippen molar-refractivity contribution in [3.8, 4) is 0 Å². The minimum atomic E-state index is -2.03. The van der Waals surface area contributed by atoms with E-state index < -0.39 is 77.2 Å². The molecule has 1 heterocycles. The zero-order valence-electron chi connectivity index (χ0n) is 29.5. The Labute approximate surface area is 288 Å². The Morgan fingerprint density at radius 1 is 0.857 bits per heavy atom. The first-order chi connectivity index (χ1) is 23.5. The van der Waals surface area contributed by atoms with E-state index in [1.165, 1.54) is 0 Å². The predicted molar refractivity (Wildman–Crippen MR) is 177 cm³/mol. The second-order valence-electron chi connectivity index (χ2n) is 12.5. The third-order valence-corrected chi connectivity index (χ3v) is 9.74. The number of fused-ring (bicyclic) bond motifs is 2. The standard InChI is InChI=1S/C37H50O12/c1-7-9-11-12-13-14-16-24-20-27-32(40)30(25(24)21-28(38)37(17-15-10-8-2)48-18-19-49-37)31(34(42)46-5)26(33(41)45-4)22-36(27,35(43)47-6)23-29(39)44-3/h7-10,20,24-25,30H,11-19,21-23H2,1-6H3/b9-7+,10-8-/t24-,25+,30+,36-/m0/s1. The molecule has 0 N–H and O–H groups in total. The number of hydrogen-bond donors (Lipinski definition) is 0. The number of ether oxygens (including phenoxy) is 6. The van der Waals surface area contributed by atoms with Gasteiger partial charge in [0.15, 0.2) is 11.6 Å². The van der Waals surface area contributed by atoms with Gasteiger partial charge in [0.05, 0.1) is 59.6 Å². The van der Waals surface area contributed by atoms with Crippen molar-refractivity contribution in [3.05, 3.63) is 47.1 Å². The largest absolute Gasteiger partial charge is 0.469 e. The first-order valence-electron chi connectivity index (χ1n) is 16.9. The summed E-state index contributed by atoms with van der Waals surface area (Å²) in [5, 5.41) is 0. The highest BCUT2D eigenvalue weighted by atomic mass is 16.7. The van der Waals surface area contributed by atoms with Gasteiger partial charge in [-0.15, -0.1) is 0 Å². The van der Waals surface area contributed by atoms with E-state index >= 15 is 0 Å². The number of carbonyl (C=O) groups excluding carboxylic acids is 6. The number of hydrogen-bond acceptors (Lipinski definition) is 12. The molecule has 0 amide bonds. The Morgan fingerprint density at radius 3 is 2.10 bits per heavy atom. The van der Waals surface area contributed by atoms with Gasteiger partial charge >= 0.3 is 23.9 Å². The van der Waals surface area contributed by atoms with Crippen LogP contribution < -0.4 is 0 Å². The van der Waals surface area contributed by atoms with Crippen molar-refractivity contribution in [3.63, 3.8) is 0 Å². The summed E-state index contributed by atoms with van der Waals surface area (Å²) in [4.78, 5) is 83.0. The van der Waals surface area contributed by atoms with Gasteiger partial charge in [-0.1, -0.05) is 43.2 Å². The molecule has 0 unspecified atom stereocenters. The van der Waals surface area contributed by atoms with E-state index in [4.69, 9.17) is 28.4 Å². The van der Waals surface area contributed by atoms with Crippen molar-refractivity contribution < 1.29 is 57.2 Å². The van der Waals surface area contributed by atoms with Crippen LogP contribution in [0.15, 0.2) is 47.1 Å². The molecule has 1 saturated heterocycles. The van der Waals surface area contributed by atoms with Crippen molar-refractivity contribution in [2.45, 2.75) is 83.8 Å². The van der Waals surface area contributed by atoms with Gasteiger partial charge in [0.1, 0.15) is 5.41 Å². The summed E-state index contributed by atoms with van der Waals surface area (Å²) in [7, 11) is 4.46. The van der Waals surface area contributed by atoms with E-state index in [1.807, 2.05) is 32.1 Å². The number of esters is 4. The second kappa shape index (κ2) is 18.2. The van der Waals surface area contributed by atoms with E-state index in [0.717, 1.165) is 47.7 Å². The molecule has 0 aromatic heterocycles. The van der Waals surface area contributed by atoms with Gasteiger partial charge in [0, 0.05) is 30.4 Å². The topological polar surface area (TPSA) is 158 Å². The fourth-order valence-electron chi connectivity index (χ4n) is 7.30. The maximum Gasteiger partial charge on any atom is 0.335 e. The normalized spacial score (nSPS) is 24.8. The number of unbranched alkanes of at least 4 members (excludes halogenated alkanes) is 3. The lowest BCUT2D eigenvalue weighted by atomic mass is 9.62. The maximum atomic E-state index is 14.8. The number of carbonyl (C=O) groups is 6. The minimum Gasteiger partial charge on any atom is -0.469 e. The van der Waals surface area contributed by atoms with Crippen LogP contribution >= 0.6 is 0 Å². The summed E-state index contributed by atoms with van der Waals surface area (Å²) in [6.45, 7) is 4.24. The van der Waals surface area contributed by atoms with E-state index in [9.17, 15) is 28.8 Å². The highest BCUT2D eigenvalue weighted by Crippen LogP contribution is 2.54. The zero-order valence-corrected chi connectivity index (χ0v) is 29.5. The third kappa shape index (κ3) is 8.64. The summed E-state index contributed by atoms with van der Waals surface area (Å²) < 4.78 is 32.2. The van der Waals surface area contributed by atoms with Gasteiger partial charge in [-0.2, -0.15) is 0 Å². The van der Waals surface area contributed by atoms with Crippen LogP contribution in [0.25, 0.3) is 0 Å². The molecule has 0 aromatic rings. The first-order valence-corrected chi connectivity index (χ1v) is 16.9. The number of allylic oxidation sites excluding steroid dienone is 5. The fourth-order valence-corrected chi connectivity index (χ4v) is 7.30. The Kier molecular flexibility index (Phi) is 14.7. The van der Waals surface area contributed by atoms with Gasteiger partial charge in [-0.3, -0.25) is 19.2 Å². The molecule has 1 fully saturated rings. The molecule has 3 aliphatic rings. The van der Waals surface area contributed by atoms with E-state index in [0.29, 0.717) is 19.3 Å². The Morgan fingerprint density at radius 2 is 1.51 bits per heavy atom. The van der Waals surface area contributed by atoms with Gasteiger partial charge < -0.3 is 28.4 Å².